The predicted octanol–water partition coefficient (Wildman–Crippen LogP) is 3.23. The highest BCUT2D eigenvalue weighted by Crippen LogP contribution is 2.61. The molecule has 2 aliphatic heterocycles. The number of nitrogens with one attached hydrogen (secondary N) is 1. The van der Waals surface area contributed by atoms with Gasteiger partial charge in [0.1, 0.15) is 35.1 Å². The van der Waals surface area contributed by atoms with E-state index in [1.54, 1.807) is 31.3 Å². The Morgan fingerprint density at radius 3 is 2.65 bits per heavy atom. The second kappa shape index (κ2) is 12.5. The number of aliphatic hydroxyl groups excluding tert-OH is 1. The molecule has 3 aliphatic rings. The van der Waals surface area contributed by atoms with Crippen LogP contribution >= 0.6 is 11.6 Å². The molecule has 2 amide bonds. The van der Waals surface area contributed by atoms with E-state index >= 15 is 0 Å². The van der Waals surface area contributed by atoms with Gasteiger partial charge in [0.15, 0.2) is 5.72 Å². The van der Waals surface area contributed by atoms with Crippen molar-refractivity contribution in [2.24, 2.45) is 23.0 Å². The summed E-state index contributed by atoms with van der Waals surface area (Å²) in [4.78, 5) is 40.4. The van der Waals surface area contributed by atoms with Gasteiger partial charge in [-0.05, 0) is 56.2 Å². The first kappa shape index (κ1) is 32.8. The van der Waals surface area contributed by atoms with Crippen molar-refractivity contribution in [3.8, 4) is 5.75 Å². The summed E-state index contributed by atoms with van der Waals surface area (Å²) in [6, 6.07) is 2.69. The Morgan fingerprint density at radius 2 is 2.00 bits per heavy atom. The molecule has 1 aliphatic carbocycles. The molecule has 0 unspecified atom stereocenters. The van der Waals surface area contributed by atoms with Gasteiger partial charge in [0, 0.05) is 18.9 Å². The van der Waals surface area contributed by atoms with E-state index in [2.05, 4.69) is 5.32 Å². The molecule has 4 bridgehead atoms. The van der Waals surface area contributed by atoms with Gasteiger partial charge in [-0.25, -0.2) is 4.79 Å². The average molecular weight is 620 g/mol. The number of fused-ring (bicyclic) bond motifs is 5. The monoisotopic (exact) mass is 619 g/mol. The molecule has 1 saturated heterocycles. The molecule has 1 saturated carbocycles. The highest BCUT2D eigenvalue weighted by atomic mass is 35.5. The van der Waals surface area contributed by atoms with E-state index in [1.165, 1.54) is 25.0 Å². The lowest BCUT2D eigenvalue weighted by molar-refractivity contribution is -0.156. The summed E-state index contributed by atoms with van der Waals surface area (Å²) < 4.78 is 16.9. The lowest BCUT2D eigenvalue weighted by Crippen LogP contribution is -2.63. The summed E-state index contributed by atoms with van der Waals surface area (Å²) in [5, 5.41) is 24.8. The van der Waals surface area contributed by atoms with Gasteiger partial charge < -0.3 is 35.1 Å². The van der Waals surface area contributed by atoms with Gasteiger partial charge in [-0.2, -0.15) is 0 Å². The highest BCUT2D eigenvalue weighted by molar-refractivity contribution is 6.35. The van der Waals surface area contributed by atoms with Crippen molar-refractivity contribution >= 4 is 35.3 Å². The Bertz CT molecular complexity index is 1330. The number of anilines is 1. The van der Waals surface area contributed by atoms with Gasteiger partial charge in [0.25, 0.3) is 0 Å². The van der Waals surface area contributed by atoms with Gasteiger partial charge in [0.05, 0.1) is 19.2 Å². The van der Waals surface area contributed by atoms with Crippen molar-refractivity contribution in [3.05, 3.63) is 46.5 Å². The number of nitrogens with zero attached hydrogens (tertiary/aromatic N) is 1. The molecular weight excluding hydrogens is 578 g/mol. The SMILES string of the molecule is COc1cc2cc(c1Cl)N(C)C(=O)C[C@H](OC(=O)[C@H](C)N)[C@]1(C)C[C@@H]1[C@@H](C)[C@@H]1C[C@@](O)(NC(=O)O1)[C@H](O)/C=C/C=C(\C)C2. The topological polar surface area (TPSA) is 161 Å². The first-order valence-corrected chi connectivity index (χ1v) is 14.8. The van der Waals surface area contributed by atoms with E-state index in [0.29, 0.717) is 24.3 Å². The van der Waals surface area contributed by atoms with E-state index in [0.717, 1.165) is 11.1 Å². The first-order valence-electron chi connectivity index (χ1n) is 14.4. The van der Waals surface area contributed by atoms with Crippen LogP contribution in [0.2, 0.25) is 5.02 Å². The molecule has 5 N–H and O–H groups in total. The lowest BCUT2D eigenvalue weighted by atomic mass is 9.83. The van der Waals surface area contributed by atoms with E-state index < -0.39 is 47.6 Å². The first-order chi connectivity index (χ1) is 20.1. The maximum atomic E-state index is 13.8. The minimum atomic E-state index is -1.96. The number of allylic oxidation sites excluding steroid dienone is 3. The number of nitrogens with two attached hydrogens (primary N) is 1. The van der Waals surface area contributed by atoms with Crippen LogP contribution in [0.25, 0.3) is 0 Å². The number of aliphatic hydroxyl groups is 2. The van der Waals surface area contributed by atoms with Crippen molar-refractivity contribution in [2.75, 3.05) is 19.1 Å². The van der Waals surface area contributed by atoms with Crippen molar-refractivity contribution in [2.45, 2.75) is 83.5 Å². The van der Waals surface area contributed by atoms with Gasteiger partial charge >= 0.3 is 12.1 Å². The summed E-state index contributed by atoms with van der Waals surface area (Å²) in [6.07, 6.45) is 1.78. The number of hydrogen-bond acceptors (Lipinski definition) is 9. The van der Waals surface area contributed by atoms with Crippen LogP contribution in [0.3, 0.4) is 0 Å². The van der Waals surface area contributed by atoms with Crippen LogP contribution in [0.5, 0.6) is 5.75 Å². The maximum Gasteiger partial charge on any atom is 0.409 e. The van der Waals surface area contributed by atoms with Crippen LogP contribution in [-0.2, 0) is 25.5 Å². The second-order valence-electron chi connectivity index (χ2n) is 12.4. The van der Waals surface area contributed by atoms with Crippen molar-refractivity contribution in [3.63, 3.8) is 0 Å². The number of methoxy groups -OCH3 is 1. The molecule has 2 heterocycles. The minimum Gasteiger partial charge on any atom is -0.495 e. The summed E-state index contributed by atoms with van der Waals surface area (Å²) in [7, 11) is 3.10. The number of hydrogen-bond donors (Lipinski definition) is 4. The number of ether oxygens (including phenoxy) is 3. The predicted molar refractivity (Wildman–Crippen MR) is 161 cm³/mol. The summed E-state index contributed by atoms with van der Waals surface area (Å²) >= 11 is 6.66. The normalized spacial score (nSPS) is 35.8. The molecule has 1 aromatic rings. The Balaban J connectivity index is 1.78. The molecular formula is C31H42ClN3O8. The molecule has 2 fully saturated rings. The average Bonchev–Trinajstić information content (AvgIpc) is 3.63. The van der Waals surface area contributed by atoms with E-state index in [4.69, 9.17) is 31.5 Å². The van der Waals surface area contributed by atoms with Gasteiger partial charge in [0.2, 0.25) is 5.91 Å². The third-order valence-electron chi connectivity index (χ3n) is 9.06. The Morgan fingerprint density at radius 1 is 1.30 bits per heavy atom. The van der Waals surface area contributed by atoms with Crippen LogP contribution in [-0.4, -0.2) is 72.4 Å². The summed E-state index contributed by atoms with van der Waals surface area (Å²) in [5.41, 5.74) is 5.36. The number of carbonyl (C=O) groups excluding carboxylic acids is 3. The molecule has 0 radical (unpaired) electrons. The molecule has 0 aromatic heterocycles. The zero-order valence-corrected chi connectivity index (χ0v) is 26.2. The Hall–Kier alpha value is -3.12. The van der Waals surface area contributed by atoms with Gasteiger partial charge in [-0.1, -0.05) is 49.2 Å². The Labute approximate surface area is 257 Å². The molecule has 4 rings (SSSR count). The van der Waals surface area contributed by atoms with Crippen LogP contribution in [0.15, 0.2) is 35.9 Å². The molecule has 43 heavy (non-hydrogen) atoms. The highest BCUT2D eigenvalue weighted by Gasteiger charge is 2.62. The van der Waals surface area contributed by atoms with Crippen molar-refractivity contribution in [1.29, 1.82) is 0 Å². The fourth-order valence-electron chi connectivity index (χ4n) is 6.15. The van der Waals surface area contributed by atoms with Crippen LogP contribution in [0.4, 0.5) is 10.5 Å². The molecule has 236 valence electrons. The fraction of sp³-hybridized carbons (Fsp3) is 0.581. The quantitative estimate of drug-likeness (QED) is 0.372. The van der Waals surface area contributed by atoms with E-state index in [9.17, 15) is 24.6 Å². The zero-order valence-electron chi connectivity index (χ0n) is 25.4. The maximum absolute atomic E-state index is 13.8. The second-order valence-corrected chi connectivity index (χ2v) is 12.8. The summed E-state index contributed by atoms with van der Waals surface area (Å²) in [5.74, 6) is -1.01. The number of rotatable bonds is 3. The zero-order chi connectivity index (χ0) is 31.9. The van der Waals surface area contributed by atoms with Gasteiger partial charge in [-0.15, -0.1) is 0 Å². The number of amides is 2. The van der Waals surface area contributed by atoms with Crippen molar-refractivity contribution < 1.29 is 38.8 Å². The molecule has 0 spiro atoms. The molecule has 11 nitrogen and oxygen atoms in total. The smallest absolute Gasteiger partial charge is 0.409 e. The number of alkyl carbamates (subject to hydrolysis) is 1. The number of halogens is 1. The number of carbonyl (C=O) groups is 3. The minimum absolute atomic E-state index is 0.0726. The van der Waals surface area contributed by atoms with Gasteiger partial charge in [-0.3, -0.25) is 14.9 Å². The van der Waals surface area contributed by atoms with E-state index in [1.807, 2.05) is 20.8 Å². The number of esters is 1. The third kappa shape index (κ3) is 6.85. The Kier molecular flexibility index (Phi) is 9.51. The largest absolute Gasteiger partial charge is 0.495 e. The van der Waals surface area contributed by atoms with Crippen LogP contribution in [0, 0.1) is 17.3 Å². The lowest BCUT2D eigenvalue weighted by Gasteiger charge is -2.41. The van der Waals surface area contributed by atoms with Crippen molar-refractivity contribution in [1.82, 2.24) is 5.32 Å². The van der Waals surface area contributed by atoms with Crippen LogP contribution < -0.4 is 20.7 Å². The van der Waals surface area contributed by atoms with E-state index in [-0.39, 0.29) is 35.6 Å². The number of benzene rings is 1. The molecule has 12 heteroatoms. The standard InChI is InChI=1S/C31H42ClN3O8/c1-16-8-7-9-24(36)31(40)15-23(42-29(39)34-31)17(2)20-14-30(20,4)25(43-28(38)18(3)33)13-26(37)35(5)21-11-19(10-16)12-22(41-6)27(21)32/h7-9,11-12,17-18,20,23-25,36,40H,10,13-15,33H2,1-6H3,(H,34,39)/b9-7+,16-8+/t17-,18+,20-,23+,24-,25+,30-,31+/m1/s1. The summed E-state index contributed by atoms with van der Waals surface area (Å²) in [6.45, 7) is 7.20. The van der Waals surface area contributed by atoms with Crippen LogP contribution in [0.1, 0.15) is 52.5 Å². The molecule has 1 aromatic carbocycles. The fourth-order valence-corrected chi connectivity index (χ4v) is 6.46. The molecule has 8 atom stereocenters. The third-order valence-corrected chi connectivity index (χ3v) is 9.44.